The second-order valence-corrected chi connectivity index (χ2v) is 3.25. The molecule has 0 saturated heterocycles. The summed E-state index contributed by atoms with van der Waals surface area (Å²) in [7, 11) is 0. The van der Waals surface area contributed by atoms with Crippen molar-refractivity contribution >= 4 is 11.8 Å². The van der Waals surface area contributed by atoms with E-state index in [4.69, 9.17) is 5.73 Å². The quantitative estimate of drug-likeness (QED) is 0.731. The molecular weight excluding hydrogens is 175 g/mol. The zero-order valence-corrected chi connectivity index (χ0v) is 7.30. The van der Waals surface area contributed by atoms with Crippen molar-refractivity contribution in [2.75, 3.05) is 6.26 Å². The monoisotopic (exact) mass is 187 g/mol. The third-order valence-corrected chi connectivity index (χ3v) is 2.56. The Hall–Kier alpha value is 0.100. The number of halogens is 3. The molecule has 0 fully saturated rings. The fourth-order valence-electron chi connectivity index (χ4n) is 0.765. The Morgan fingerprint density at radius 2 is 1.91 bits per heavy atom. The van der Waals surface area contributed by atoms with Gasteiger partial charge in [-0.15, -0.1) is 0 Å². The fraction of sp³-hybridized carbons (Fsp3) is 1.00. The predicted octanol–water partition coefficient (Wildman–Crippen LogP) is 2.02. The first-order valence-electron chi connectivity index (χ1n) is 3.28. The van der Waals surface area contributed by atoms with Crippen LogP contribution in [0.25, 0.3) is 0 Å². The highest BCUT2D eigenvalue weighted by atomic mass is 32.2. The molecule has 0 spiro atoms. The maximum atomic E-state index is 12.1. The number of thioether (sulfide) groups is 1. The number of hydrogen-bond acceptors (Lipinski definition) is 2. The molecule has 0 aliphatic rings. The van der Waals surface area contributed by atoms with Crippen LogP contribution in [0.4, 0.5) is 13.2 Å². The van der Waals surface area contributed by atoms with E-state index in [1.54, 1.807) is 6.92 Å². The van der Waals surface area contributed by atoms with Gasteiger partial charge in [0.1, 0.15) is 5.25 Å². The molecule has 5 heteroatoms. The molecule has 0 aliphatic heterocycles. The Kier molecular flexibility index (Phi) is 4.25. The van der Waals surface area contributed by atoms with Crippen LogP contribution in [-0.2, 0) is 0 Å². The predicted molar refractivity (Wildman–Crippen MR) is 41.6 cm³/mol. The van der Waals surface area contributed by atoms with Gasteiger partial charge in [-0.3, -0.25) is 0 Å². The van der Waals surface area contributed by atoms with Crippen molar-refractivity contribution in [3.8, 4) is 0 Å². The summed E-state index contributed by atoms with van der Waals surface area (Å²) in [5, 5.41) is -1.42. The van der Waals surface area contributed by atoms with Crippen LogP contribution in [0.15, 0.2) is 0 Å². The molecule has 0 aromatic carbocycles. The van der Waals surface area contributed by atoms with Crippen LogP contribution in [0.5, 0.6) is 0 Å². The topological polar surface area (TPSA) is 26.0 Å². The van der Waals surface area contributed by atoms with Gasteiger partial charge in [-0.25, -0.2) is 0 Å². The molecule has 2 unspecified atom stereocenters. The summed E-state index contributed by atoms with van der Waals surface area (Å²) in [5.41, 5.74) is 5.27. The maximum absolute atomic E-state index is 12.1. The van der Waals surface area contributed by atoms with E-state index in [1.807, 2.05) is 0 Å². The van der Waals surface area contributed by atoms with Gasteiger partial charge in [-0.05, 0) is 12.7 Å². The number of rotatable bonds is 3. The highest BCUT2D eigenvalue weighted by molar-refractivity contribution is 7.99. The highest BCUT2D eigenvalue weighted by Crippen LogP contribution is 2.31. The molecule has 0 saturated carbocycles. The summed E-state index contributed by atoms with van der Waals surface area (Å²) in [6.45, 7) is 1.65. The van der Waals surface area contributed by atoms with Gasteiger partial charge in [0, 0.05) is 6.04 Å². The normalized spacial score (nSPS) is 18.0. The van der Waals surface area contributed by atoms with Crippen LogP contribution in [0, 0.1) is 0 Å². The molecule has 1 nitrogen and oxygen atoms in total. The first kappa shape index (κ1) is 11.1. The Balaban J connectivity index is 4.16. The van der Waals surface area contributed by atoms with E-state index in [2.05, 4.69) is 0 Å². The third-order valence-electron chi connectivity index (χ3n) is 1.44. The molecule has 0 bridgehead atoms. The largest absolute Gasteiger partial charge is 0.402 e. The van der Waals surface area contributed by atoms with Crippen LogP contribution in [0.3, 0.4) is 0 Å². The number of nitrogens with two attached hydrogens (primary N) is 1. The summed E-state index contributed by atoms with van der Waals surface area (Å²) in [4.78, 5) is 0. The lowest BCUT2D eigenvalue weighted by molar-refractivity contribution is -0.132. The minimum Gasteiger partial charge on any atom is -0.326 e. The van der Waals surface area contributed by atoms with E-state index in [-0.39, 0.29) is 0 Å². The minimum absolute atomic E-state index is 0.352. The summed E-state index contributed by atoms with van der Waals surface area (Å²) in [6.07, 6.45) is -2.40. The molecule has 0 aromatic heterocycles. The molecule has 11 heavy (non-hydrogen) atoms. The average molecular weight is 187 g/mol. The molecular formula is C6H12F3NS. The summed E-state index contributed by atoms with van der Waals surface area (Å²) < 4.78 is 36.2. The zero-order chi connectivity index (χ0) is 9.07. The van der Waals surface area contributed by atoms with Crippen LogP contribution in [-0.4, -0.2) is 23.7 Å². The molecule has 0 aliphatic carbocycles. The van der Waals surface area contributed by atoms with Gasteiger partial charge in [0.05, 0.1) is 0 Å². The lowest BCUT2D eigenvalue weighted by atomic mass is 10.1. The average Bonchev–Trinajstić information content (AvgIpc) is 1.86. The van der Waals surface area contributed by atoms with Gasteiger partial charge in [0.25, 0.3) is 0 Å². The molecule has 0 amide bonds. The van der Waals surface area contributed by atoms with Crippen molar-refractivity contribution in [3.63, 3.8) is 0 Å². The highest BCUT2D eigenvalue weighted by Gasteiger charge is 2.42. The zero-order valence-electron chi connectivity index (χ0n) is 6.48. The Labute approximate surface area is 68.5 Å². The second kappa shape index (κ2) is 4.21. The first-order chi connectivity index (χ1) is 4.93. The molecule has 2 atom stereocenters. The van der Waals surface area contributed by atoms with Crippen molar-refractivity contribution in [2.45, 2.75) is 30.8 Å². The summed E-state index contributed by atoms with van der Waals surface area (Å²) in [6, 6.07) is -0.787. The molecule has 0 radical (unpaired) electrons. The Bertz CT molecular complexity index is 115. The first-order valence-corrected chi connectivity index (χ1v) is 4.57. The number of alkyl halides is 3. The van der Waals surface area contributed by atoms with Gasteiger partial charge >= 0.3 is 6.18 Å². The van der Waals surface area contributed by atoms with Crippen molar-refractivity contribution in [1.82, 2.24) is 0 Å². The van der Waals surface area contributed by atoms with Gasteiger partial charge in [0.15, 0.2) is 0 Å². The van der Waals surface area contributed by atoms with E-state index in [9.17, 15) is 13.2 Å². The lowest BCUT2D eigenvalue weighted by Gasteiger charge is -2.23. The van der Waals surface area contributed by atoms with Crippen LogP contribution in [0.1, 0.15) is 13.3 Å². The molecule has 2 N–H and O–H groups in total. The standard InChI is InChI=1S/C6H12F3NS/c1-3-4(10)5(11-2)6(7,8)9/h4-5H,3,10H2,1-2H3. The summed E-state index contributed by atoms with van der Waals surface area (Å²) in [5.74, 6) is 0. The van der Waals surface area contributed by atoms with Gasteiger partial charge in [0.2, 0.25) is 0 Å². The van der Waals surface area contributed by atoms with Crippen molar-refractivity contribution < 1.29 is 13.2 Å². The smallest absolute Gasteiger partial charge is 0.326 e. The van der Waals surface area contributed by atoms with Crippen molar-refractivity contribution in [2.24, 2.45) is 5.73 Å². The van der Waals surface area contributed by atoms with Crippen molar-refractivity contribution in [1.29, 1.82) is 0 Å². The Morgan fingerprint density at radius 3 is 2.00 bits per heavy atom. The maximum Gasteiger partial charge on any atom is 0.402 e. The molecule has 68 valence electrons. The molecule has 0 rings (SSSR count). The van der Waals surface area contributed by atoms with E-state index in [0.29, 0.717) is 6.42 Å². The Morgan fingerprint density at radius 1 is 1.45 bits per heavy atom. The number of hydrogen-bond donors (Lipinski definition) is 1. The SMILES string of the molecule is CCC(N)C(SC)C(F)(F)F. The van der Waals surface area contributed by atoms with Crippen LogP contribution in [0.2, 0.25) is 0 Å². The van der Waals surface area contributed by atoms with Crippen molar-refractivity contribution in [3.05, 3.63) is 0 Å². The lowest BCUT2D eigenvalue weighted by Crippen LogP contribution is -2.42. The van der Waals surface area contributed by atoms with Gasteiger partial charge in [-0.1, -0.05) is 6.92 Å². The molecule has 0 aromatic rings. The van der Waals surface area contributed by atoms with E-state index in [0.717, 1.165) is 11.8 Å². The van der Waals surface area contributed by atoms with E-state index in [1.165, 1.54) is 6.26 Å². The van der Waals surface area contributed by atoms with Crippen LogP contribution < -0.4 is 5.73 Å². The van der Waals surface area contributed by atoms with E-state index < -0.39 is 17.5 Å². The second-order valence-electron chi connectivity index (χ2n) is 2.27. The summed E-state index contributed by atoms with van der Waals surface area (Å²) >= 11 is 0.760. The minimum atomic E-state index is -4.17. The van der Waals surface area contributed by atoms with Gasteiger partial charge in [-0.2, -0.15) is 24.9 Å². The molecule has 0 heterocycles. The van der Waals surface area contributed by atoms with E-state index >= 15 is 0 Å². The van der Waals surface area contributed by atoms with Crippen LogP contribution >= 0.6 is 11.8 Å². The fourth-order valence-corrected chi connectivity index (χ4v) is 1.57. The third kappa shape index (κ3) is 3.33. The van der Waals surface area contributed by atoms with Gasteiger partial charge < -0.3 is 5.73 Å².